The zero-order valence-corrected chi connectivity index (χ0v) is 10.2. The fraction of sp³-hybridized carbons (Fsp3) is 0.917. The zero-order valence-electron chi connectivity index (χ0n) is 10.2. The molecule has 0 spiro atoms. The third kappa shape index (κ3) is 2.03. The van der Waals surface area contributed by atoms with E-state index < -0.39 is 0 Å². The molecule has 3 nitrogen and oxygen atoms in total. The lowest BCUT2D eigenvalue weighted by Gasteiger charge is -2.25. The van der Waals surface area contributed by atoms with E-state index in [4.69, 9.17) is 0 Å². The standard InChI is InChI=1S/C12H22N2O/c1-7(2)5-11-13-9(4)12(15)14(11)10-6-8(10)3/h7-11,13H,5-6H2,1-4H3. The van der Waals surface area contributed by atoms with Gasteiger partial charge in [0.25, 0.3) is 0 Å². The molecule has 4 unspecified atom stereocenters. The lowest BCUT2D eigenvalue weighted by Crippen LogP contribution is -2.40. The van der Waals surface area contributed by atoms with Gasteiger partial charge in [0.15, 0.2) is 0 Å². The minimum atomic E-state index is 0.0153. The lowest BCUT2D eigenvalue weighted by molar-refractivity contribution is -0.130. The largest absolute Gasteiger partial charge is 0.323 e. The van der Waals surface area contributed by atoms with Crippen LogP contribution in [0.15, 0.2) is 0 Å². The van der Waals surface area contributed by atoms with Crippen molar-refractivity contribution in [3.8, 4) is 0 Å². The minimum Gasteiger partial charge on any atom is -0.323 e. The summed E-state index contributed by atoms with van der Waals surface area (Å²) in [5.74, 6) is 1.64. The Bertz CT molecular complexity index is 264. The molecule has 3 heteroatoms. The molecule has 1 amide bonds. The smallest absolute Gasteiger partial charge is 0.240 e. The third-order valence-corrected chi connectivity index (χ3v) is 3.52. The highest BCUT2D eigenvalue weighted by molar-refractivity contribution is 5.84. The first-order valence-electron chi connectivity index (χ1n) is 6.09. The van der Waals surface area contributed by atoms with Crippen molar-refractivity contribution in [2.75, 3.05) is 0 Å². The lowest BCUT2D eigenvalue weighted by atomic mass is 10.1. The van der Waals surface area contributed by atoms with Crippen molar-refractivity contribution >= 4 is 5.91 Å². The predicted molar refractivity (Wildman–Crippen MR) is 60.3 cm³/mol. The summed E-state index contributed by atoms with van der Waals surface area (Å²) in [6.45, 7) is 8.63. The van der Waals surface area contributed by atoms with Gasteiger partial charge in [0, 0.05) is 6.04 Å². The second-order valence-corrected chi connectivity index (χ2v) is 5.56. The van der Waals surface area contributed by atoms with Crippen LogP contribution in [0, 0.1) is 11.8 Å². The van der Waals surface area contributed by atoms with E-state index in [1.165, 1.54) is 6.42 Å². The summed E-state index contributed by atoms with van der Waals surface area (Å²) in [5, 5.41) is 3.40. The van der Waals surface area contributed by atoms with E-state index in [-0.39, 0.29) is 12.2 Å². The SMILES string of the molecule is CC(C)CC1NC(C)C(=O)N1C1CC1C. The highest BCUT2D eigenvalue weighted by atomic mass is 16.2. The van der Waals surface area contributed by atoms with Gasteiger partial charge in [0.1, 0.15) is 0 Å². The van der Waals surface area contributed by atoms with Crippen LogP contribution in [-0.2, 0) is 4.79 Å². The molecule has 2 fully saturated rings. The van der Waals surface area contributed by atoms with Crippen molar-refractivity contribution < 1.29 is 4.79 Å². The topological polar surface area (TPSA) is 32.3 Å². The van der Waals surface area contributed by atoms with Crippen LogP contribution in [0.25, 0.3) is 0 Å². The summed E-state index contributed by atoms with van der Waals surface area (Å²) in [6.07, 6.45) is 2.54. The maximum atomic E-state index is 12.0. The molecule has 1 aliphatic heterocycles. The molecule has 2 aliphatic rings. The molecule has 1 aliphatic carbocycles. The average molecular weight is 210 g/mol. The summed E-state index contributed by atoms with van der Waals surface area (Å²) in [5.41, 5.74) is 0. The van der Waals surface area contributed by atoms with Crippen molar-refractivity contribution in [1.29, 1.82) is 0 Å². The van der Waals surface area contributed by atoms with Gasteiger partial charge in [-0.1, -0.05) is 20.8 Å². The van der Waals surface area contributed by atoms with Crippen LogP contribution >= 0.6 is 0 Å². The summed E-state index contributed by atoms with van der Waals surface area (Å²) in [7, 11) is 0. The van der Waals surface area contributed by atoms with E-state index in [1.807, 2.05) is 6.92 Å². The molecule has 0 bridgehead atoms. The molecule has 1 saturated carbocycles. The molecular weight excluding hydrogens is 188 g/mol. The van der Waals surface area contributed by atoms with Crippen molar-refractivity contribution in [3.05, 3.63) is 0 Å². The number of carbonyl (C=O) groups excluding carboxylic acids is 1. The van der Waals surface area contributed by atoms with Crippen LogP contribution in [0.5, 0.6) is 0 Å². The Balaban J connectivity index is 2.05. The van der Waals surface area contributed by atoms with Gasteiger partial charge in [-0.25, -0.2) is 0 Å². The minimum absolute atomic E-state index is 0.0153. The van der Waals surface area contributed by atoms with Gasteiger partial charge < -0.3 is 4.90 Å². The van der Waals surface area contributed by atoms with E-state index in [2.05, 4.69) is 31.0 Å². The molecule has 0 aromatic rings. The van der Waals surface area contributed by atoms with Crippen LogP contribution in [0.1, 0.15) is 40.5 Å². The second-order valence-electron chi connectivity index (χ2n) is 5.56. The number of rotatable bonds is 3. The first-order chi connectivity index (χ1) is 7.00. The fourth-order valence-electron chi connectivity index (χ4n) is 2.53. The van der Waals surface area contributed by atoms with Gasteiger partial charge in [-0.2, -0.15) is 0 Å². The van der Waals surface area contributed by atoms with Crippen LogP contribution in [-0.4, -0.2) is 29.1 Å². The molecule has 0 aromatic carbocycles. The van der Waals surface area contributed by atoms with Crippen molar-refractivity contribution in [1.82, 2.24) is 10.2 Å². The van der Waals surface area contributed by atoms with E-state index in [0.29, 0.717) is 23.8 Å². The van der Waals surface area contributed by atoms with Crippen LogP contribution in [0.3, 0.4) is 0 Å². The Morgan fingerprint density at radius 1 is 1.47 bits per heavy atom. The Kier molecular flexibility index (Phi) is 2.75. The van der Waals surface area contributed by atoms with Crippen LogP contribution < -0.4 is 5.32 Å². The molecule has 0 radical (unpaired) electrons. The first kappa shape index (κ1) is 10.9. The van der Waals surface area contributed by atoms with Gasteiger partial charge >= 0.3 is 0 Å². The third-order valence-electron chi connectivity index (χ3n) is 3.52. The van der Waals surface area contributed by atoms with Gasteiger partial charge in [-0.05, 0) is 31.6 Å². The van der Waals surface area contributed by atoms with E-state index >= 15 is 0 Å². The van der Waals surface area contributed by atoms with Crippen LogP contribution in [0.2, 0.25) is 0 Å². The Labute approximate surface area is 92.2 Å². The molecule has 2 rings (SSSR count). The molecule has 1 heterocycles. The average Bonchev–Trinajstić information content (AvgIpc) is 2.74. The Morgan fingerprint density at radius 3 is 2.53 bits per heavy atom. The van der Waals surface area contributed by atoms with E-state index in [0.717, 1.165) is 6.42 Å². The number of amides is 1. The highest BCUT2D eigenvalue weighted by Gasteiger charge is 2.48. The van der Waals surface area contributed by atoms with E-state index in [1.54, 1.807) is 0 Å². The summed E-state index contributed by atoms with van der Waals surface area (Å²) in [6, 6.07) is 0.528. The maximum absolute atomic E-state index is 12.0. The highest BCUT2D eigenvalue weighted by Crippen LogP contribution is 2.38. The summed E-state index contributed by atoms with van der Waals surface area (Å²) >= 11 is 0. The number of nitrogens with zero attached hydrogens (tertiary/aromatic N) is 1. The van der Waals surface area contributed by atoms with Gasteiger partial charge in [0.2, 0.25) is 5.91 Å². The first-order valence-corrected chi connectivity index (χ1v) is 6.09. The van der Waals surface area contributed by atoms with Gasteiger partial charge in [-0.15, -0.1) is 0 Å². The molecule has 1 N–H and O–H groups in total. The number of nitrogens with one attached hydrogen (secondary N) is 1. The Hall–Kier alpha value is -0.570. The van der Waals surface area contributed by atoms with Crippen molar-refractivity contribution in [2.45, 2.75) is 58.8 Å². The molecule has 0 aromatic heterocycles. The fourth-order valence-corrected chi connectivity index (χ4v) is 2.53. The number of hydrogen-bond donors (Lipinski definition) is 1. The maximum Gasteiger partial charge on any atom is 0.240 e. The molecule has 86 valence electrons. The normalized spacial score (nSPS) is 40.3. The molecular formula is C12H22N2O. The molecule has 15 heavy (non-hydrogen) atoms. The van der Waals surface area contributed by atoms with Crippen molar-refractivity contribution in [2.24, 2.45) is 11.8 Å². The van der Waals surface area contributed by atoms with Gasteiger partial charge in [-0.3, -0.25) is 10.1 Å². The zero-order chi connectivity index (χ0) is 11.2. The molecule has 1 saturated heterocycles. The summed E-state index contributed by atoms with van der Waals surface area (Å²) < 4.78 is 0. The van der Waals surface area contributed by atoms with Crippen molar-refractivity contribution in [3.63, 3.8) is 0 Å². The van der Waals surface area contributed by atoms with Crippen LogP contribution in [0.4, 0.5) is 0 Å². The monoisotopic (exact) mass is 210 g/mol. The number of carbonyl (C=O) groups is 1. The number of hydrogen-bond acceptors (Lipinski definition) is 2. The second kappa shape index (κ2) is 3.78. The summed E-state index contributed by atoms with van der Waals surface area (Å²) in [4.78, 5) is 14.1. The van der Waals surface area contributed by atoms with E-state index in [9.17, 15) is 4.79 Å². The predicted octanol–water partition coefficient (Wildman–Crippen LogP) is 1.59. The molecule has 4 atom stereocenters. The Morgan fingerprint density at radius 2 is 2.07 bits per heavy atom. The quantitative estimate of drug-likeness (QED) is 0.767. The van der Waals surface area contributed by atoms with Gasteiger partial charge in [0.05, 0.1) is 12.2 Å².